The molecule has 0 aromatic heterocycles. The molecule has 0 heterocycles. The van der Waals surface area contributed by atoms with Crippen molar-refractivity contribution in [1.29, 1.82) is 0 Å². The van der Waals surface area contributed by atoms with E-state index < -0.39 is 0 Å². The van der Waals surface area contributed by atoms with Gasteiger partial charge in [-0.3, -0.25) is 0 Å². The molecule has 1 aromatic rings. The van der Waals surface area contributed by atoms with Crippen LogP contribution in [-0.4, -0.2) is 6.61 Å². The van der Waals surface area contributed by atoms with Crippen molar-refractivity contribution in [2.45, 2.75) is 25.3 Å². The Balaban J connectivity index is 2.07. The molecule has 78 valence electrons. The van der Waals surface area contributed by atoms with Gasteiger partial charge in [0.05, 0.1) is 6.61 Å². The monoisotopic (exact) mass is 201 g/mol. The molecule has 2 rings (SSSR count). The molecule has 15 heavy (non-hydrogen) atoms. The number of hydrogen-bond acceptors (Lipinski definition) is 2. The van der Waals surface area contributed by atoms with Gasteiger partial charge in [-0.15, -0.1) is 12.3 Å². The van der Waals surface area contributed by atoms with Crippen molar-refractivity contribution >= 4 is 0 Å². The van der Waals surface area contributed by atoms with E-state index in [1.165, 1.54) is 11.1 Å². The number of rotatable bonds is 3. The van der Waals surface area contributed by atoms with Crippen LogP contribution < -0.4 is 10.5 Å². The first-order chi connectivity index (χ1) is 7.31. The largest absolute Gasteiger partial charge is 0.493 e. The predicted molar refractivity (Wildman–Crippen MR) is 60.6 cm³/mol. The fourth-order valence-corrected chi connectivity index (χ4v) is 1.94. The molecule has 0 radical (unpaired) electrons. The van der Waals surface area contributed by atoms with Crippen molar-refractivity contribution in [1.82, 2.24) is 0 Å². The number of terminal acetylenes is 1. The summed E-state index contributed by atoms with van der Waals surface area (Å²) in [4.78, 5) is 0. The van der Waals surface area contributed by atoms with E-state index in [1.807, 2.05) is 6.07 Å². The van der Waals surface area contributed by atoms with Crippen LogP contribution >= 0.6 is 0 Å². The van der Waals surface area contributed by atoms with Crippen molar-refractivity contribution in [3.05, 3.63) is 29.3 Å². The Morgan fingerprint density at radius 1 is 1.53 bits per heavy atom. The third-order valence-corrected chi connectivity index (χ3v) is 2.75. The lowest BCUT2D eigenvalue weighted by Crippen LogP contribution is -2.05. The normalized spacial score (nSPS) is 18.3. The second kappa shape index (κ2) is 4.37. The maximum Gasteiger partial charge on any atom is 0.119 e. The van der Waals surface area contributed by atoms with Crippen molar-refractivity contribution in [2.24, 2.45) is 5.73 Å². The highest BCUT2D eigenvalue weighted by Gasteiger charge is 2.18. The lowest BCUT2D eigenvalue weighted by molar-refractivity contribution is 0.327. The summed E-state index contributed by atoms with van der Waals surface area (Å²) in [5, 5.41) is 0. The lowest BCUT2D eigenvalue weighted by atomic mass is 10.1. The minimum atomic E-state index is 0.208. The Kier molecular flexibility index (Phi) is 2.94. The second-order valence-corrected chi connectivity index (χ2v) is 3.81. The van der Waals surface area contributed by atoms with Crippen LogP contribution in [0, 0.1) is 12.3 Å². The fourth-order valence-electron chi connectivity index (χ4n) is 1.94. The highest BCUT2D eigenvalue weighted by atomic mass is 16.5. The minimum Gasteiger partial charge on any atom is -0.493 e. The van der Waals surface area contributed by atoms with Gasteiger partial charge in [0.1, 0.15) is 5.75 Å². The van der Waals surface area contributed by atoms with E-state index in [9.17, 15) is 0 Å². The van der Waals surface area contributed by atoms with Crippen LogP contribution in [0.15, 0.2) is 18.2 Å². The quantitative estimate of drug-likeness (QED) is 0.600. The molecule has 1 aliphatic carbocycles. The molecule has 1 atom stereocenters. The Labute approximate surface area is 90.4 Å². The van der Waals surface area contributed by atoms with E-state index in [4.69, 9.17) is 16.9 Å². The summed E-state index contributed by atoms with van der Waals surface area (Å²) in [5.74, 6) is 3.45. The van der Waals surface area contributed by atoms with Crippen molar-refractivity contribution in [3.8, 4) is 18.1 Å². The first kappa shape index (κ1) is 10.1. The molecule has 0 bridgehead atoms. The number of fused-ring (bicyclic) bond motifs is 1. The van der Waals surface area contributed by atoms with E-state index >= 15 is 0 Å². The van der Waals surface area contributed by atoms with Crippen molar-refractivity contribution in [2.75, 3.05) is 6.61 Å². The van der Waals surface area contributed by atoms with Gasteiger partial charge in [0.25, 0.3) is 0 Å². The zero-order valence-electron chi connectivity index (χ0n) is 8.70. The van der Waals surface area contributed by atoms with Crippen LogP contribution in [-0.2, 0) is 6.42 Å². The van der Waals surface area contributed by atoms with Gasteiger partial charge >= 0.3 is 0 Å². The van der Waals surface area contributed by atoms with Crippen LogP contribution in [0.25, 0.3) is 0 Å². The van der Waals surface area contributed by atoms with Crippen molar-refractivity contribution in [3.63, 3.8) is 0 Å². The van der Waals surface area contributed by atoms with E-state index in [1.54, 1.807) is 0 Å². The smallest absolute Gasteiger partial charge is 0.119 e. The molecule has 2 nitrogen and oxygen atoms in total. The number of ether oxygens (including phenoxy) is 1. The summed E-state index contributed by atoms with van der Waals surface area (Å²) < 4.78 is 5.52. The first-order valence-electron chi connectivity index (χ1n) is 5.26. The highest BCUT2D eigenvalue weighted by molar-refractivity contribution is 5.40. The first-order valence-corrected chi connectivity index (χ1v) is 5.26. The SMILES string of the molecule is C#CCCOc1ccc2c(c1)CC[C@@H]2N. The van der Waals surface area contributed by atoms with E-state index in [-0.39, 0.29) is 6.04 Å². The zero-order valence-corrected chi connectivity index (χ0v) is 8.70. The Morgan fingerprint density at radius 2 is 2.40 bits per heavy atom. The summed E-state index contributed by atoms with van der Waals surface area (Å²) in [6.45, 7) is 0.585. The Morgan fingerprint density at radius 3 is 3.20 bits per heavy atom. The molecule has 2 N–H and O–H groups in total. The molecule has 0 saturated heterocycles. The van der Waals surface area contributed by atoms with Gasteiger partial charge in [0, 0.05) is 12.5 Å². The Bertz CT molecular complexity index is 392. The molecule has 1 aliphatic rings. The van der Waals surface area contributed by atoms with Gasteiger partial charge in [-0.2, -0.15) is 0 Å². The van der Waals surface area contributed by atoms with Crippen LogP contribution in [0.1, 0.15) is 30.0 Å². The molecular formula is C13H15NO. The van der Waals surface area contributed by atoms with Gasteiger partial charge in [-0.25, -0.2) is 0 Å². The fraction of sp³-hybridized carbons (Fsp3) is 0.385. The van der Waals surface area contributed by atoms with Crippen LogP contribution in [0.3, 0.4) is 0 Å². The number of hydrogen-bond donors (Lipinski definition) is 1. The lowest BCUT2D eigenvalue weighted by Gasteiger charge is -2.08. The molecule has 0 amide bonds. The molecular weight excluding hydrogens is 186 g/mol. The Hall–Kier alpha value is -1.46. The van der Waals surface area contributed by atoms with Gasteiger partial charge < -0.3 is 10.5 Å². The molecule has 1 aromatic carbocycles. The zero-order chi connectivity index (χ0) is 10.7. The second-order valence-electron chi connectivity index (χ2n) is 3.81. The summed E-state index contributed by atoms with van der Waals surface area (Å²) in [6.07, 6.45) is 7.91. The molecule has 2 heteroatoms. The summed E-state index contributed by atoms with van der Waals surface area (Å²) in [5.41, 5.74) is 8.53. The maximum atomic E-state index is 5.95. The van der Waals surface area contributed by atoms with E-state index in [0.29, 0.717) is 13.0 Å². The topological polar surface area (TPSA) is 35.2 Å². The summed E-state index contributed by atoms with van der Waals surface area (Å²) in [7, 11) is 0. The van der Waals surface area contributed by atoms with Gasteiger partial charge in [0.15, 0.2) is 0 Å². The van der Waals surface area contributed by atoms with Gasteiger partial charge in [0.2, 0.25) is 0 Å². The number of aryl methyl sites for hydroxylation is 1. The van der Waals surface area contributed by atoms with Crippen LogP contribution in [0.4, 0.5) is 0 Å². The minimum absolute atomic E-state index is 0.208. The highest BCUT2D eigenvalue weighted by Crippen LogP contribution is 2.31. The molecule has 0 saturated carbocycles. The molecule has 0 spiro atoms. The third-order valence-electron chi connectivity index (χ3n) is 2.75. The van der Waals surface area contributed by atoms with Gasteiger partial charge in [-0.1, -0.05) is 6.07 Å². The molecule has 0 fully saturated rings. The van der Waals surface area contributed by atoms with Gasteiger partial charge in [-0.05, 0) is 36.1 Å². The van der Waals surface area contributed by atoms with E-state index in [0.717, 1.165) is 18.6 Å². The average Bonchev–Trinajstić information content (AvgIpc) is 2.61. The maximum absolute atomic E-state index is 5.95. The van der Waals surface area contributed by atoms with Crippen LogP contribution in [0.2, 0.25) is 0 Å². The third kappa shape index (κ3) is 2.14. The number of nitrogens with two attached hydrogens (primary N) is 1. The van der Waals surface area contributed by atoms with Crippen molar-refractivity contribution < 1.29 is 4.74 Å². The average molecular weight is 201 g/mol. The predicted octanol–water partition coefficient (Wildman–Crippen LogP) is 2.03. The van der Waals surface area contributed by atoms with Crippen LogP contribution in [0.5, 0.6) is 5.75 Å². The summed E-state index contributed by atoms with van der Waals surface area (Å²) in [6, 6.07) is 6.33. The van der Waals surface area contributed by atoms with E-state index in [2.05, 4.69) is 18.1 Å². The molecule has 0 aliphatic heterocycles. The molecule has 0 unspecified atom stereocenters. The standard InChI is InChI=1S/C13H15NO/c1-2-3-8-15-11-5-6-12-10(9-11)4-7-13(12)14/h1,5-6,9,13H,3-4,7-8,14H2/t13-/m0/s1. The summed E-state index contributed by atoms with van der Waals surface area (Å²) >= 11 is 0. The number of benzene rings is 1.